The van der Waals surface area contributed by atoms with Crippen LogP contribution in [0.4, 0.5) is 0 Å². The number of fused-ring (bicyclic) bond motifs is 1. The van der Waals surface area contributed by atoms with Crippen LogP contribution in [0.2, 0.25) is 0 Å². The number of carbonyl (C=O) groups excluding carboxylic acids is 1. The first-order valence-electron chi connectivity index (χ1n) is 6.61. The van der Waals surface area contributed by atoms with Crippen LogP contribution in [0.15, 0.2) is 36.4 Å². The summed E-state index contributed by atoms with van der Waals surface area (Å²) in [5, 5.41) is 9.52. The molecule has 0 aliphatic carbocycles. The molecule has 2 nitrogen and oxygen atoms in total. The summed E-state index contributed by atoms with van der Waals surface area (Å²) in [7, 11) is 0. The van der Waals surface area contributed by atoms with Gasteiger partial charge >= 0.3 is 0 Å². The molecular formula is C17H19NO. The second-order valence-electron chi connectivity index (χ2n) is 5.30. The molecule has 2 aromatic rings. The van der Waals surface area contributed by atoms with Gasteiger partial charge in [-0.3, -0.25) is 4.79 Å². The van der Waals surface area contributed by atoms with Gasteiger partial charge in [0.1, 0.15) is 0 Å². The molecule has 0 aliphatic rings. The zero-order valence-corrected chi connectivity index (χ0v) is 11.6. The Morgan fingerprint density at radius 1 is 1.05 bits per heavy atom. The van der Waals surface area contributed by atoms with E-state index in [-0.39, 0.29) is 17.6 Å². The SMILES string of the molecule is CC(C)C(=O)c1ccc2cc(C(C)C=N)ccc2c1. The Kier molecular flexibility index (Phi) is 3.79. The molecule has 19 heavy (non-hydrogen) atoms. The van der Waals surface area contributed by atoms with Crippen molar-refractivity contribution in [1.29, 1.82) is 5.41 Å². The number of hydrogen-bond donors (Lipinski definition) is 1. The zero-order valence-electron chi connectivity index (χ0n) is 11.6. The van der Waals surface area contributed by atoms with Gasteiger partial charge in [0.05, 0.1) is 0 Å². The molecule has 2 heteroatoms. The third-order valence-electron chi connectivity index (χ3n) is 3.45. The molecule has 0 radical (unpaired) electrons. The van der Waals surface area contributed by atoms with Crippen molar-refractivity contribution in [2.24, 2.45) is 5.92 Å². The van der Waals surface area contributed by atoms with Crippen LogP contribution in [-0.2, 0) is 0 Å². The number of hydrogen-bond acceptors (Lipinski definition) is 2. The number of benzene rings is 2. The molecule has 1 N–H and O–H groups in total. The Labute approximate surface area is 114 Å². The fourth-order valence-corrected chi connectivity index (χ4v) is 2.13. The summed E-state index contributed by atoms with van der Waals surface area (Å²) in [5.41, 5.74) is 1.90. The van der Waals surface area contributed by atoms with E-state index in [1.807, 2.05) is 51.1 Å². The van der Waals surface area contributed by atoms with E-state index in [2.05, 4.69) is 6.07 Å². The Balaban J connectivity index is 2.46. The smallest absolute Gasteiger partial charge is 0.165 e. The highest BCUT2D eigenvalue weighted by atomic mass is 16.1. The summed E-state index contributed by atoms with van der Waals surface area (Å²) in [4.78, 5) is 12.0. The summed E-state index contributed by atoms with van der Waals surface area (Å²) in [5.74, 6) is 0.329. The van der Waals surface area contributed by atoms with Gasteiger partial charge in [0.25, 0.3) is 0 Å². The molecule has 0 aromatic heterocycles. The predicted molar refractivity (Wildman–Crippen MR) is 80.3 cm³/mol. The van der Waals surface area contributed by atoms with Gasteiger partial charge in [0.15, 0.2) is 5.78 Å². The largest absolute Gasteiger partial charge is 0.312 e. The molecule has 0 amide bonds. The minimum Gasteiger partial charge on any atom is -0.312 e. The molecule has 1 atom stereocenters. The fourth-order valence-electron chi connectivity index (χ4n) is 2.13. The molecule has 0 bridgehead atoms. The van der Waals surface area contributed by atoms with Gasteiger partial charge in [-0.15, -0.1) is 0 Å². The van der Waals surface area contributed by atoms with Crippen molar-refractivity contribution in [2.45, 2.75) is 26.7 Å². The molecule has 2 aromatic carbocycles. The average Bonchev–Trinajstić information content (AvgIpc) is 2.44. The maximum Gasteiger partial charge on any atom is 0.165 e. The van der Waals surface area contributed by atoms with Crippen LogP contribution in [0.5, 0.6) is 0 Å². The highest BCUT2D eigenvalue weighted by Gasteiger charge is 2.11. The van der Waals surface area contributed by atoms with Gasteiger partial charge in [-0.05, 0) is 22.4 Å². The lowest BCUT2D eigenvalue weighted by Crippen LogP contribution is -2.07. The monoisotopic (exact) mass is 253 g/mol. The van der Waals surface area contributed by atoms with Crippen LogP contribution >= 0.6 is 0 Å². The van der Waals surface area contributed by atoms with E-state index in [9.17, 15) is 4.79 Å². The first-order chi connectivity index (χ1) is 9.02. The highest BCUT2D eigenvalue weighted by molar-refractivity contribution is 6.01. The molecule has 0 saturated carbocycles. The van der Waals surface area contributed by atoms with E-state index in [0.29, 0.717) is 0 Å². The third kappa shape index (κ3) is 2.73. The van der Waals surface area contributed by atoms with Gasteiger partial charge in [-0.1, -0.05) is 51.1 Å². The van der Waals surface area contributed by atoms with Gasteiger partial charge in [0, 0.05) is 23.6 Å². The summed E-state index contributed by atoms with van der Waals surface area (Å²) in [6.45, 7) is 5.84. The van der Waals surface area contributed by atoms with Crippen LogP contribution in [0.1, 0.15) is 42.6 Å². The predicted octanol–water partition coefficient (Wildman–Crippen LogP) is 4.43. The number of nitrogens with one attached hydrogen (secondary N) is 1. The Bertz CT molecular complexity index is 628. The number of rotatable bonds is 4. The molecule has 0 fully saturated rings. The summed E-state index contributed by atoms with van der Waals surface area (Å²) < 4.78 is 0. The van der Waals surface area contributed by atoms with Crippen LogP contribution < -0.4 is 0 Å². The molecule has 2 rings (SSSR count). The molecule has 98 valence electrons. The lowest BCUT2D eigenvalue weighted by Gasteiger charge is -2.09. The molecule has 1 unspecified atom stereocenters. The molecule has 0 spiro atoms. The van der Waals surface area contributed by atoms with Crippen molar-refractivity contribution in [2.75, 3.05) is 0 Å². The maximum atomic E-state index is 12.0. The average molecular weight is 253 g/mol. The molecule has 0 heterocycles. The van der Waals surface area contributed by atoms with Crippen molar-refractivity contribution in [3.63, 3.8) is 0 Å². The van der Waals surface area contributed by atoms with Crippen molar-refractivity contribution >= 4 is 22.8 Å². The molecular weight excluding hydrogens is 234 g/mol. The van der Waals surface area contributed by atoms with Gasteiger partial charge < -0.3 is 5.41 Å². The Hall–Kier alpha value is -1.96. The summed E-state index contributed by atoms with van der Waals surface area (Å²) in [6, 6.07) is 12.0. The van der Waals surface area contributed by atoms with Crippen molar-refractivity contribution in [3.05, 3.63) is 47.5 Å². The lowest BCUT2D eigenvalue weighted by atomic mass is 9.95. The fraction of sp³-hybridized carbons (Fsp3) is 0.294. The van der Waals surface area contributed by atoms with E-state index >= 15 is 0 Å². The zero-order chi connectivity index (χ0) is 14.0. The van der Waals surface area contributed by atoms with Gasteiger partial charge in [0.2, 0.25) is 0 Å². The van der Waals surface area contributed by atoms with E-state index in [4.69, 9.17) is 5.41 Å². The van der Waals surface area contributed by atoms with Crippen LogP contribution in [0.25, 0.3) is 10.8 Å². The van der Waals surface area contributed by atoms with E-state index < -0.39 is 0 Å². The second kappa shape index (κ2) is 5.35. The summed E-state index contributed by atoms with van der Waals surface area (Å²) >= 11 is 0. The van der Waals surface area contributed by atoms with E-state index in [1.165, 1.54) is 6.21 Å². The summed E-state index contributed by atoms with van der Waals surface area (Å²) in [6.07, 6.45) is 1.44. The first kappa shape index (κ1) is 13.5. The Morgan fingerprint density at radius 2 is 1.68 bits per heavy atom. The van der Waals surface area contributed by atoms with Crippen molar-refractivity contribution < 1.29 is 4.79 Å². The van der Waals surface area contributed by atoms with Crippen LogP contribution in [0.3, 0.4) is 0 Å². The van der Waals surface area contributed by atoms with Crippen LogP contribution in [-0.4, -0.2) is 12.0 Å². The second-order valence-corrected chi connectivity index (χ2v) is 5.30. The third-order valence-corrected chi connectivity index (χ3v) is 3.45. The van der Waals surface area contributed by atoms with Gasteiger partial charge in [-0.2, -0.15) is 0 Å². The quantitative estimate of drug-likeness (QED) is 0.635. The minimum atomic E-state index is 0.0228. The minimum absolute atomic E-state index is 0.0228. The maximum absolute atomic E-state index is 12.0. The normalized spacial score (nSPS) is 12.6. The number of Topliss-reactive ketones (excluding diaryl/α,β-unsaturated/α-hetero) is 1. The lowest BCUT2D eigenvalue weighted by molar-refractivity contribution is 0.0939. The van der Waals surface area contributed by atoms with Crippen molar-refractivity contribution in [1.82, 2.24) is 0 Å². The van der Waals surface area contributed by atoms with E-state index in [1.54, 1.807) is 0 Å². The first-order valence-corrected chi connectivity index (χ1v) is 6.61. The van der Waals surface area contributed by atoms with E-state index in [0.717, 1.165) is 21.9 Å². The Morgan fingerprint density at radius 3 is 2.32 bits per heavy atom. The van der Waals surface area contributed by atoms with Gasteiger partial charge in [-0.25, -0.2) is 0 Å². The number of carbonyl (C=O) groups is 1. The molecule has 0 saturated heterocycles. The van der Waals surface area contributed by atoms with Crippen molar-refractivity contribution in [3.8, 4) is 0 Å². The van der Waals surface area contributed by atoms with Crippen LogP contribution in [0, 0.1) is 11.3 Å². The topological polar surface area (TPSA) is 40.9 Å². The molecule has 0 aliphatic heterocycles. The highest BCUT2D eigenvalue weighted by Crippen LogP contribution is 2.23. The standard InChI is InChI=1S/C17H19NO/c1-11(2)17(19)16-7-6-14-8-13(12(3)10-18)4-5-15(14)9-16/h4-12,18H,1-3H3. The number of ketones is 1.